The fourth-order valence-electron chi connectivity index (χ4n) is 1.97. The number of rotatable bonds is 5. The molecule has 0 aliphatic carbocycles. The Morgan fingerprint density at radius 2 is 2.00 bits per heavy atom. The van der Waals surface area contributed by atoms with Crippen LogP contribution in [0.2, 0.25) is 0 Å². The first-order valence-corrected chi connectivity index (χ1v) is 7.51. The molecular weight excluding hydrogens is 488 g/mol. The number of terminal acetylenes is 1. The molecule has 0 atom stereocenters. The van der Waals surface area contributed by atoms with Crippen LogP contribution in [0, 0.1) is 18.4 Å². The van der Waals surface area contributed by atoms with Crippen molar-refractivity contribution in [3.8, 4) is 18.1 Å². The van der Waals surface area contributed by atoms with Gasteiger partial charge in [0.1, 0.15) is 12.4 Å². The maximum Gasteiger partial charge on any atom is 0.256 e. The third-order valence-electron chi connectivity index (χ3n) is 2.98. The molecule has 2 rings (SSSR count). The van der Waals surface area contributed by atoms with Crippen molar-refractivity contribution in [3.63, 3.8) is 0 Å². The van der Waals surface area contributed by atoms with Crippen molar-refractivity contribution >= 4 is 28.3 Å². The summed E-state index contributed by atoms with van der Waals surface area (Å²) in [6.45, 7) is 3.64. The van der Waals surface area contributed by atoms with E-state index in [9.17, 15) is 8.78 Å². The zero-order chi connectivity index (χ0) is 16.1. The molecule has 117 valence electrons. The molecule has 1 aromatic carbocycles. The van der Waals surface area contributed by atoms with Gasteiger partial charge < -0.3 is 9.64 Å². The Bertz CT molecular complexity index is 662. The van der Waals surface area contributed by atoms with Gasteiger partial charge in [-0.05, 0) is 17.8 Å². The second-order valence-electron chi connectivity index (χ2n) is 4.45. The molecule has 1 heterocycles. The minimum atomic E-state index is -2.46. The molecule has 1 aromatic rings. The SMILES string of the molecule is C#CCOc1ccc(C2=[C-]C=C(I)C(=C)N2CC(F)F)cc1.[Y]. The summed E-state index contributed by atoms with van der Waals surface area (Å²) in [5.74, 6) is 3.01. The molecule has 0 spiro atoms. The van der Waals surface area contributed by atoms with Gasteiger partial charge >= 0.3 is 0 Å². The molecule has 0 aromatic heterocycles. The smallest absolute Gasteiger partial charge is 0.256 e. The molecule has 6 heteroatoms. The predicted octanol–water partition coefficient (Wildman–Crippen LogP) is 4.25. The van der Waals surface area contributed by atoms with E-state index in [2.05, 4.69) is 41.2 Å². The Hall–Kier alpha value is -0.706. The summed E-state index contributed by atoms with van der Waals surface area (Å²) in [6.07, 6.45) is 7.45. The molecule has 0 amide bonds. The van der Waals surface area contributed by atoms with Gasteiger partial charge in [0, 0.05) is 32.7 Å². The minimum absolute atomic E-state index is 0. The normalized spacial score (nSPS) is 13.9. The quantitative estimate of drug-likeness (QED) is 0.340. The number of allylic oxidation sites excluding steroid dienone is 3. The Morgan fingerprint density at radius 1 is 1.35 bits per heavy atom. The summed E-state index contributed by atoms with van der Waals surface area (Å²) >= 11 is 2.05. The summed E-state index contributed by atoms with van der Waals surface area (Å²) in [4.78, 5) is 1.48. The van der Waals surface area contributed by atoms with Gasteiger partial charge in [-0.3, -0.25) is 0 Å². The molecule has 0 N–H and O–H groups in total. The number of alkyl halides is 2. The van der Waals surface area contributed by atoms with Gasteiger partial charge in [0.15, 0.2) is 0 Å². The van der Waals surface area contributed by atoms with Crippen LogP contribution in [-0.4, -0.2) is 24.5 Å². The van der Waals surface area contributed by atoms with E-state index in [4.69, 9.17) is 11.2 Å². The summed E-state index contributed by atoms with van der Waals surface area (Å²) in [5.41, 5.74) is 1.87. The summed E-state index contributed by atoms with van der Waals surface area (Å²) < 4.78 is 31.7. The molecule has 1 aliphatic rings. The number of nitrogens with zero attached hydrogens (tertiary/aromatic N) is 1. The van der Waals surface area contributed by atoms with E-state index in [1.54, 1.807) is 30.3 Å². The first kappa shape index (κ1) is 20.3. The van der Waals surface area contributed by atoms with Crippen LogP contribution in [0.4, 0.5) is 8.78 Å². The minimum Gasteiger partial charge on any atom is -0.481 e. The van der Waals surface area contributed by atoms with Gasteiger partial charge in [0.2, 0.25) is 0 Å². The van der Waals surface area contributed by atoms with Crippen molar-refractivity contribution in [2.75, 3.05) is 13.2 Å². The maximum atomic E-state index is 12.8. The number of hydrogen-bond donors (Lipinski definition) is 0. The van der Waals surface area contributed by atoms with E-state index >= 15 is 0 Å². The molecule has 1 radical (unpaired) electrons. The van der Waals surface area contributed by atoms with Gasteiger partial charge in [0.05, 0.1) is 6.54 Å². The van der Waals surface area contributed by atoms with Gasteiger partial charge in [-0.25, -0.2) is 8.78 Å². The fourth-order valence-corrected chi connectivity index (χ4v) is 2.42. The first-order valence-electron chi connectivity index (χ1n) is 6.43. The topological polar surface area (TPSA) is 12.5 Å². The predicted molar refractivity (Wildman–Crippen MR) is 91.4 cm³/mol. The van der Waals surface area contributed by atoms with Gasteiger partial charge in [-0.1, -0.05) is 27.3 Å². The molecule has 1 aliphatic heterocycles. The van der Waals surface area contributed by atoms with Crippen molar-refractivity contribution < 1.29 is 46.2 Å². The van der Waals surface area contributed by atoms with Crippen LogP contribution in [0.5, 0.6) is 5.75 Å². The fraction of sp³-hybridized carbons (Fsp3) is 0.176. The standard InChI is InChI=1S/C17H13F2INO.Y/c1-3-10-22-14-6-4-13(5-7-14)16-9-8-15(20)12(2)21(16)11-17(18)19;/h1,4-8,17H,2,10-11H2;/q-1;. The van der Waals surface area contributed by atoms with Crippen molar-refractivity contribution in [2.24, 2.45) is 0 Å². The Labute approximate surface area is 173 Å². The molecule has 2 nitrogen and oxygen atoms in total. The van der Waals surface area contributed by atoms with E-state index in [0.29, 0.717) is 17.1 Å². The average Bonchev–Trinajstić information content (AvgIpc) is 2.50. The molecule has 23 heavy (non-hydrogen) atoms. The van der Waals surface area contributed by atoms with E-state index in [1.807, 2.05) is 0 Å². The molecular formula is C17H13F2INOY-. The van der Waals surface area contributed by atoms with Gasteiger partial charge in [0.25, 0.3) is 6.43 Å². The second kappa shape index (κ2) is 9.56. The number of halogens is 3. The average molecular weight is 501 g/mol. The van der Waals surface area contributed by atoms with E-state index in [-0.39, 0.29) is 39.3 Å². The van der Waals surface area contributed by atoms with Crippen LogP contribution in [0.15, 0.2) is 46.2 Å². The largest absolute Gasteiger partial charge is 0.481 e. The van der Waals surface area contributed by atoms with E-state index < -0.39 is 13.0 Å². The number of benzene rings is 1. The van der Waals surface area contributed by atoms with Crippen LogP contribution >= 0.6 is 22.6 Å². The third-order valence-corrected chi connectivity index (χ3v) is 3.91. The van der Waals surface area contributed by atoms with Gasteiger partial charge in [-0.2, -0.15) is 12.2 Å². The van der Waals surface area contributed by atoms with E-state index in [1.165, 1.54) is 4.90 Å². The maximum absolute atomic E-state index is 12.8. The Morgan fingerprint density at radius 3 is 2.57 bits per heavy atom. The Balaban J connectivity index is 0.00000264. The zero-order valence-corrected chi connectivity index (χ0v) is 17.2. The molecule has 0 bridgehead atoms. The number of hydrogen-bond acceptors (Lipinski definition) is 2. The summed E-state index contributed by atoms with van der Waals surface area (Å²) in [7, 11) is 0. The van der Waals surface area contributed by atoms with Gasteiger partial charge in [-0.15, -0.1) is 41.1 Å². The van der Waals surface area contributed by atoms with Crippen molar-refractivity contribution in [1.29, 1.82) is 0 Å². The second-order valence-corrected chi connectivity index (χ2v) is 5.61. The Kier molecular flexibility index (Phi) is 8.45. The van der Waals surface area contributed by atoms with Crippen molar-refractivity contribution in [2.45, 2.75) is 6.43 Å². The van der Waals surface area contributed by atoms with Crippen molar-refractivity contribution in [1.82, 2.24) is 4.90 Å². The van der Waals surface area contributed by atoms with Crippen LogP contribution in [-0.2, 0) is 32.7 Å². The first-order chi connectivity index (χ1) is 10.5. The monoisotopic (exact) mass is 501 g/mol. The molecule has 0 saturated carbocycles. The van der Waals surface area contributed by atoms with Crippen LogP contribution in [0.25, 0.3) is 5.70 Å². The van der Waals surface area contributed by atoms with E-state index in [0.717, 1.165) is 9.14 Å². The molecule has 0 saturated heterocycles. The third kappa shape index (κ3) is 5.41. The van der Waals surface area contributed by atoms with Crippen molar-refractivity contribution in [3.05, 3.63) is 57.8 Å². The molecule has 0 unspecified atom stereocenters. The van der Waals surface area contributed by atoms with Crippen LogP contribution in [0.3, 0.4) is 0 Å². The van der Waals surface area contributed by atoms with Crippen LogP contribution in [0.1, 0.15) is 5.56 Å². The number of ether oxygens (including phenoxy) is 1. The zero-order valence-electron chi connectivity index (χ0n) is 12.2. The summed E-state index contributed by atoms with van der Waals surface area (Å²) in [5, 5.41) is 0. The molecule has 0 fully saturated rings. The summed E-state index contributed by atoms with van der Waals surface area (Å²) in [6, 6.07) is 7.06. The van der Waals surface area contributed by atoms with Crippen LogP contribution < -0.4 is 4.74 Å².